The van der Waals surface area contributed by atoms with Crippen molar-refractivity contribution in [1.29, 1.82) is 0 Å². The van der Waals surface area contributed by atoms with Crippen LogP contribution in [0.15, 0.2) is 54.9 Å². The van der Waals surface area contributed by atoms with E-state index in [-0.39, 0.29) is 29.1 Å². The molecule has 30 heavy (non-hydrogen) atoms. The van der Waals surface area contributed by atoms with E-state index in [0.29, 0.717) is 21.4 Å². The molecule has 4 rings (SSSR count). The number of aromatic nitrogens is 2. The molecule has 0 N–H and O–H groups in total. The molecule has 0 spiro atoms. The number of nitro benzene ring substituents is 1. The molecule has 2 heterocycles. The maximum Gasteiger partial charge on any atom is 0.340 e. The minimum absolute atomic E-state index is 0.116. The van der Waals surface area contributed by atoms with Crippen molar-refractivity contribution >= 4 is 45.5 Å². The lowest BCUT2D eigenvalue weighted by Crippen LogP contribution is -2.06. The summed E-state index contributed by atoms with van der Waals surface area (Å²) in [6.45, 7) is 1.84. The quantitative estimate of drug-likeness (QED) is 0.203. The average Bonchev–Trinajstić information content (AvgIpc) is 3.13. The number of halogens is 1. The van der Waals surface area contributed by atoms with Gasteiger partial charge in [0, 0.05) is 28.1 Å². The SMILES string of the molecule is CCOC(=O)c1cc(C(=O)c2cccc([N+](=O)[O-])c2)n2cnc3ccc(Cl)cc3c12. The molecule has 0 radical (unpaired) electrons. The van der Waals surface area contributed by atoms with Gasteiger partial charge in [0.2, 0.25) is 5.78 Å². The monoisotopic (exact) mass is 423 g/mol. The molecule has 0 aliphatic carbocycles. The van der Waals surface area contributed by atoms with Gasteiger partial charge in [0.1, 0.15) is 6.33 Å². The Labute approximate surface area is 174 Å². The molecule has 2 aromatic heterocycles. The number of benzene rings is 2. The molecule has 8 nitrogen and oxygen atoms in total. The minimum atomic E-state index is -0.597. The van der Waals surface area contributed by atoms with Gasteiger partial charge in [-0.25, -0.2) is 9.78 Å². The molecule has 0 bridgehead atoms. The van der Waals surface area contributed by atoms with Gasteiger partial charge in [-0.3, -0.25) is 19.3 Å². The van der Waals surface area contributed by atoms with Crippen LogP contribution in [0.25, 0.3) is 16.4 Å². The number of carbonyl (C=O) groups excluding carboxylic acids is 2. The zero-order valence-corrected chi connectivity index (χ0v) is 16.4. The Kier molecular flexibility index (Phi) is 4.93. The van der Waals surface area contributed by atoms with Gasteiger partial charge in [-0.15, -0.1) is 0 Å². The van der Waals surface area contributed by atoms with Crippen LogP contribution in [0.5, 0.6) is 0 Å². The molecule has 4 aromatic rings. The van der Waals surface area contributed by atoms with Gasteiger partial charge in [-0.1, -0.05) is 23.7 Å². The van der Waals surface area contributed by atoms with E-state index < -0.39 is 16.7 Å². The highest BCUT2D eigenvalue weighted by Gasteiger charge is 2.24. The molecule has 9 heteroatoms. The third kappa shape index (κ3) is 3.27. The molecule has 0 aliphatic rings. The first-order valence-electron chi connectivity index (χ1n) is 8.96. The Balaban J connectivity index is 1.99. The first kappa shape index (κ1) is 19.5. The van der Waals surface area contributed by atoms with Gasteiger partial charge < -0.3 is 4.74 Å². The maximum absolute atomic E-state index is 13.2. The molecule has 0 aliphatic heterocycles. The largest absolute Gasteiger partial charge is 0.462 e. The van der Waals surface area contributed by atoms with Crippen LogP contribution in [0.3, 0.4) is 0 Å². The average molecular weight is 424 g/mol. The second-order valence-corrected chi connectivity index (χ2v) is 6.86. The highest BCUT2D eigenvalue weighted by atomic mass is 35.5. The number of hydrogen-bond acceptors (Lipinski definition) is 6. The molecule has 0 fully saturated rings. The van der Waals surface area contributed by atoms with Crippen molar-refractivity contribution in [3.63, 3.8) is 0 Å². The van der Waals surface area contributed by atoms with Crippen LogP contribution in [-0.4, -0.2) is 32.7 Å². The van der Waals surface area contributed by atoms with Crippen LogP contribution in [0.4, 0.5) is 5.69 Å². The highest BCUT2D eigenvalue weighted by molar-refractivity contribution is 6.31. The lowest BCUT2D eigenvalue weighted by atomic mass is 10.1. The van der Waals surface area contributed by atoms with E-state index in [1.54, 1.807) is 25.1 Å². The second-order valence-electron chi connectivity index (χ2n) is 6.42. The van der Waals surface area contributed by atoms with E-state index >= 15 is 0 Å². The summed E-state index contributed by atoms with van der Waals surface area (Å²) < 4.78 is 6.64. The lowest BCUT2D eigenvalue weighted by Gasteiger charge is -2.06. The van der Waals surface area contributed by atoms with Gasteiger partial charge in [0.15, 0.2) is 0 Å². The van der Waals surface area contributed by atoms with Crippen molar-refractivity contribution in [1.82, 2.24) is 9.38 Å². The Morgan fingerprint density at radius 2 is 2.00 bits per heavy atom. The van der Waals surface area contributed by atoms with Crippen molar-refractivity contribution in [2.75, 3.05) is 6.61 Å². The van der Waals surface area contributed by atoms with Gasteiger partial charge in [0.05, 0.1) is 33.8 Å². The van der Waals surface area contributed by atoms with Crippen LogP contribution >= 0.6 is 11.6 Å². The van der Waals surface area contributed by atoms with Crippen molar-refractivity contribution < 1.29 is 19.2 Å². The predicted octanol–water partition coefficient (Wildman–Crippen LogP) is 4.46. The molecular formula is C21H14ClN3O5. The van der Waals surface area contributed by atoms with Gasteiger partial charge in [0.25, 0.3) is 5.69 Å². The summed E-state index contributed by atoms with van der Waals surface area (Å²) in [4.78, 5) is 40.6. The fourth-order valence-electron chi connectivity index (χ4n) is 3.30. The number of non-ortho nitro benzene ring substituents is 1. The summed E-state index contributed by atoms with van der Waals surface area (Å²) in [7, 11) is 0. The molecule has 0 atom stereocenters. The molecular weight excluding hydrogens is 410 g/mol. The number of ether oxygens (including phenoxy) is 1. The maximum atomic E-state index is 13.2. The number of carbonyl (C=O) groups is 2. The van der Waals surface area contributed by atoms with E-state index in [1.807, 2.05) is 0 Å². The number of rotatable bonds is 5. The Morgan fingerprint density at radius 3 is 2.73 bits per heavy atom. The van der Waals surface area contributed by atoms with Crippen molar-refractivity contribution in [2.24, 2.45) is 0 Å². The first-order valence-corrected chi connectivity index (χ1v) is 9.34. The normalized spacial score (nSPS) is 11.0. The Morgan fingerprint density at radius 1 is 1.20 bits per heavy atom. The molecule has 150 valence electrons. The second kappa shape index (κ2) is 7.57. The molecule has 0 unspecified atom stereocenters. The summed E-state index contributed by atoms with van der Waals surface area (Å²) >= 11 is 6.14. The summed E-state index contributed by atoms with van der Waals surface area (Å²) in [5, 5.41) is 12.1. The molecule has 0 saturated carbocycles. The number of fused-ring (bicyclic) bond motifs is 3. The lowest BCUT2D eigenvalue weighted by molar-refractivity contribution is -0.384. The fourth-order valence-corrected chi connectivity index (χ4v) is 3.47. The van der Waals surface area contributed by atoms with Crippen LogP contribution in [0, 0.1) is 10.1 Å². The van der Waals surface area contributed by atoms with Crippen molar-refractivity contribution in [2.45, 2.75) is 6.92 Å². The summed E-state index contributed by atoms with van der Waals surface area (Å²) in [6, 6.07) is 11.9. The molecule has 0 saturated heterocycles. The van der Waals surface area contributed by atoms with Crippen LogP contribution in [-0.2, 0) is 4.74 Å². The van der Waals surface area contributed by atoms with E-state index in [1.165, 1.54) is 41.1 Å². The number of ketones is 1. The zero-order valence-electron chi connectivity index (χ0n) is 15.7. The number of esters is 1. The highest BCUT2D eigenvalue weighted by Crippen LogP contribution is 2.29. The number of nitrogens with zero attached hydrogens (tertiary/aromatic N) is 3. The number of hydrogen-bond donors (Lipinski definition) is 0. The minimum Gasteiger partial charge on any atom is -0.462 e. The Bertz CT molecular complexity index is 1350. The van der Waals surface area contributed by atoms with Gasteiger partial charge >= 0.3 is 5.97 Å². The third-order valence-electron chi connectivity index (χ3n) is 4.61. The van der Waals surface area contributed by atoms with E-state index in [0.717, 1.165) is 0 Å². The summed E-state index contributed by atoms with van der Waals surface area (Å²) in [5.74, 6) is -1.09. The van der Waals surface area contributed by atoms with Crippen LogP contribution in [0.2, 0.25) is 5.02 Å². The predicted molar refractivity (Wildman–Crippen MR) is 110 cm³/mol. The standard InChI is InChI=1S/C21H14ClN3O5/c1-2-30-21(27)16-10-18(20(26)12-4-3-5-14(8-12)25(28)29)24-11-23-17-7-6-13(22)9-15(17)19(16)24/h3-11H,2H2,1H3. The first-order chi connectivity index (χ1) is 14.4. The van der Waals surface area contributed by atoms with E-state index in [2.05, 4.69) is 4.98 Å². The zero-order chi connectivity index (χ0) is 21.4. The summed E-state index contributed by atoms with van der Waals surface area (Å²) in [6.07, 6.45) is 1.43. The van der Waals surface area contributed by atoms with Crippen molar-refractivity contribution in [3.05, 3.63) is 86.8 Å². The topological polar surface area (TPSA) is 104 Å². The third-order valence-corrected chi connectivity index (χ3v) is 4.84. The van der Waals surface area contributed by atoms with Crippen molar-refractivity contribution in [3.8, 4) is 0 Å². The fraction of sp³-hybridized carbons (Fsp3) is 0.0952. The smallest absolute Gasteiger partial charge is 0.340 e. The molecule has 2 aromatic carbocycles. The summed E-state index contributed by atoms with van der Waals surface area (Å²) in [5.41, 5.74) is 1.23. The van der Waals surface area contributed by atoms with E-state index in [4.69, 9.17) is 16.3 Å². The number of nitro groups is 1. The van der Waals surface area contributed by atoms with Crippen LogP contribution in [0.1, 0.15) is 33.3 Å². The molecule has 0 amide bonds. The van der Waals surface area contributed by atoms with E-state index in [9.17, 15) is 19.7 Å². The van der Waals surface area contributed by atoms with Gasteiger partial charge in [-0.05, 0) is 31.2 Å². The Hall–Kier alpha value is -3.78. The van der Waals surface area contributed by atoms with Gasteiger partial charge in [-0.2, -0.15) is 0 Å². The van der Waals surface area contributed by atoms with Crippen LogP contribution < -0.4 is 0 Å².